The minimum atomic E-state index is -4.28. The number of aliphatic hydroxyl groups excluding tert-OH is 2. The summed E-state index contributed by atoms with van der Waals surface area (Å²) in [5.41, 5.74) is 1.69. The van der Waals surface area contributed by atoms with E-state index in [0.717, 1.165) is 4.31 Å². The van der Waals surface area contributed by atoms with Crippen LogP contribution in [-0.2, 0) is 21.2 Å². The Morgan fingerprint density at radius 3 is 2.33 bits per heavy atom. The molecule has 14 heteroatoms. The number of sulfonamides is 1. The highest BCUT2D eigenvalue weighted by molar-refractivity contribution is 7.89. The van der Waals surface area contributed by atoms with Crippen LogP contribution in [0.5, 0.6) is 28.7 Å². The van der Waals surface area contributed by atoms with E-state index in [4.69, 9.17) is 28.4 Å². The van der Waals surface area contributed by atoms with E-state index in [1.165, 1.54) is 21.3 Å². The van der Waals surface area contributed by atoms with Gasteiger partial charge in [0.15, 0.2) is 23.0 Å². The van der Waals surface area contributed by atoms with E-state index in [2.05, 4.69) is 0 Å². The van der Waals surface area contributed by atoms with Gasteiger partial charge in [-0.1, -0.05) is 6.07 Å². The molecule has 3 aliphatic heterocycles. The van der Waals surface area contributed by atoms with E-state index < -0.39 is 41.4 Å². The summed E-state index contributed by atoms with van der Waals surface area (Å²) < 4.78 is 63.2. The van der Waals surface area contributed by atoms with Crippen molar-refractivity contribution in [2.75, 3.05) is 68.0 Å². The fourth-order valence-corrected chi connectivity index (χ4v) is 7.58. The van der Waals surface area contributed by atoms with Gasteiger partial charge in [-0.2, -0.15) is 4.31 Å². The molecule has 0 saturated carbocycles. The molecule has 2 atom stereocenters. The third-order valence-corrected chi connectivity index (χ3v) is 9.46. The van der Waals surface area contributed by atoms with Gasteiger partial charge < -0.3 is 38.6 Å². The van der Waals surface area contributed by atoms with Crippen LogP contribution in [0.3, 0.4) is 0 Å². The molecule has 0 unspecified atom stereocenters. The predicted octanol–water partition coefficient (Wildman–Crippen LogP) is 0.857. The van der Waals surface area contributed by atoms with Crippen LogP contribution in [0.25, 0.3) is 0 Å². The lowest BCUT2D eigenvalue weighted by Gasteiger charge is -2.39. The van der Waals surface area contributed by atoms with Crippen molar-refractivity contribution in [1.82, 2.24) is 9.21 Å². The van der Waals surface area contributed by atoms with Crippen LogP contribution in [0, 0.1) is 0 Å². The van der Waals surface area contributed by atoms with Crippen molar-refractivity contribution in [2.45, 2.75) is 23.5 Å². The van der Waals surface area contributed by atoms with Gasteiger partial charge in [0, 0.05) is 30.8 Å². The molecule has 0 radical (unpaired) electrons. The van der Waals surface area contributed by atoms with Crippen LogP contribution in [0.15, 0.2) is 17.0 Å². The summed E-state index contributed by atoms with van der Waals surface area (Å²) >= 11 is 0. The maximum absolute atomic E-state index is 14.1. The van der Waals surface area contributed by atoms with E-state index in [1.807, 2.05) is 11.9 Å². The Kier molecular flexibility index (Phi) is 7.72. The number of carbonyl (C=O) groups is 1. The Morgan fingerprint density at radius 2 is 1.70 bits per heavy atom. The molecule has 13 nitrogen and oxygen atoms in total. The van der Waals surface area contributed by atoms with Gasteiger partial charge in [-0.15, -0.1) is 0 Å². The normalized spacial score (nSPS) is 19.8. The number of methoxy groups -OCH3 is 3. The second-order valence-electron chi connectivity index (χ2n) is 9.44. The third kappa shape index (κ3) is 4.21. The second-order valence-corrected chi connectivity index (χ2v) is 11.3. The van der Waals surface area contributed by atoms with Crippen molar-refractivity contribution < 1.29 is 51.8 Å². The van der Waals surface area contributed by atoms with E-state index in [1.54, 1.807) is 12.1 Å². The number of nitrogens with zero attached hydrogens (tertiary/aromatic N) is 2. The standard InChI is InChI=1S/C26H32N2O11S/c1-27-8-7-15-17(19(27)20-14-5-6-16(34-2)21(35-3)18(14)26(31)39-20)22(36-4)23-24(38-13-37-23)25(15)40(32,33)28(9-11-29)10-12-30/h5-6,19-20,29-30H,7-13H2,1-4H3/t19-,20+/m1/s1. The first-order valence-corrected chi connectivity index (χ1v) is 14.1. The summed E-state index contributed by atoms with van der Waals surface area (Å²) in [5, 5.41) is 19.1. The average molecular weight is 581 g/mol. The molecule has 3 aliphatic rings. The summed E-state index contributed by atoms with van der Waals surface area (Å²) in [5.74, 6) is 0.425. The highest BCUT2D eigenvalue weighted by Crippen LogP contribution is 2.58. The van der Waals surface area contributed by atoms with Crippen molar-refractivity contribution in [2.24, 2.45) is 0 Å². The van der Waals surface area contributed by atoms with Gasteiger partial charge in [0.25, 0.3) is 0 Å². The van der Waals surface area contributed by atoms with Gasteiger partial charge in [0.1, 0.15) is 16.6 Å². The van der Waals surface area contributed by atoms with Crippen molar-refractivity contribution in [3.8, 4) is 28.7 Å². The number of aliphatic hydroxyl groups is 2. The molecule has 0 aliphatic carbocycles. The van der Waals surface area contributed by atoms with Gasteiger partial charge in [-0.05, 0) is 25.1 Å². The Bertz CT molecular complexity index is 1420. The first kappa shape index (κ1) is 28.2. The number of benzene rings is 2. The molecule has 0 saturated heterocycles. The number of likely N-dealkylation sites (N-methyl/N-ethyl adjacent to an activating group) is 1. The lowest BCUT2D eigenvalue weighted by Crippen LogP contribution is -2.40. The van der Waals surface area contributed by atoms with Gasteiger partial charge >= 0.3 is 5.97 Å². The Morgan fingerprint density at radius 1 is 1.02 bits per heavy atom. The monoisotopic (exact) mass is 580 g/mol. The van der Waals surface area contributed by atoms with Crippen molar-refractivity contribution in [1.29, 1.82) is 0 Å². The number of rotatable bonds is 10. The van der Waals surface area contributed by atoms with E-state index in [9.17, 15) is 23.4 Å². The van der Waals surface area contributed by atoms with E-state index in [-0.39, 0.29) is 53.3 Å². The Hall–Kier alpha value is -3.30. The third-order valence-electron chi connectivity index (χ3n) is 7.46. The summed E-state index contributed by atoms with van der Waals surface area (Å²) in [6.45, 7) is -1.14. The highest BCUT2D eigenvalue weighted by Gasteiger charge is 2.49. The molecule has 2 aromatic carbocycles. The molecular weight excluding hydrogens is 548 g/mol. The Balaban J connectivity index is 1.76. The summed E-state index contributed by atoms with van der Waals surface area (Å²) in [6, 6.07) is 2.75. The lowest BCUT2D eigenvalue weighted by molar-refractivity contribution is 0.00855. The molecule has 40 heavy (non-hydrogen) atoms. The number of hydrogen-bond donors (Lipinski definition) is 2. The number of esters is 1. The number of hydrogen-bond acceptors (Lipinski definition) is 12. The van der Waals surface area contributed by atoms with Crippen molar-refractivity contribution >= 4 is 16.0 Å². The first-order valence-electron chi connectivity index (χ1n) is 12.6. The SMILES string of the molecule is COc1ccc2c(c1OC)C(=O)O[C@@H]2[C@H]1c2c(c(S(=O)(=O)N(CCO)CCO)c3c(c2OC)OCO3)CCN1C. The molecule has 0 aromatic heterocycles. The Labute approximate surface area is 231 Å². The molecule has 0 bridgehead atoms. The number of ether oxygens (including phenoxy) is 6. The maximum Gasteiger partial charge on any atom is 0.343 e. The van der Waals surface area contributed by atoms with E-state index >= 15 is 0 Å². The van der Waals surface area contributed by atoms with Gasteiger partial charge in [0.05, 0.1) is 40.6 Å². The molecule has 2 N–H and O–H groups in total. The fraction of sp³-hybridized carbons (Fsp3) is 0.500. The molecule has 218 valence electrons. The molecule has 3 heterocycles. The van der Waals surface area contributed by atoms with E-state index in [0.29, 0.717) is 35.4 Å². The summed E-state index contributed by atoms with van der Waals surface area (Å²) in [6.07, 6.45) is -0.544. The largest absolute Gasteiger partial charge is 0.493 e. The quantitative estimate of drug-likeness (QED) is 0.383. The van der Waals surface area contributed by atoms with Crippen LogP contribution in [0.1, 0.15) is 39.2 Å². The second kappa shape index (κ2) is 10.9. The topological polar surface area (TPSA) is 154 Å². The minimum absolute atomic E-state index is 0.00926. The zero-order chi connectivity index (χ0) is 28.8. The molecule has 0 spiro atoms. The number of cyclic esters (lactones) is 1. The van der Waals surface area contributed by atoms with Crippen molar-refractivity contribution in [3.05, 3.63) is 34.4 Å². The van der Waals surface area contributed by atoms with Crippen LogP contribution >= 0.6 is 0 Å². The fourth-order valence-electron chi connectivity index (χ4n) is 5.77. The molecule has 0 amide bonds. The zero-order valence-corrected chi connectivity index (χ0v) is 23.4. The smallest absolute Gasteiger partial charge is 0.343 e. The van der Waals surface area contributed by atoms with Crippen LogP contribution < -0.4 is 23.7 Å². The predicted molar refractivity (Wildman–Crippen MR) is 139 cm³/mol. The molecule has 2 aromatic rings. The zero-order valence-electron chi connectivity index (χ0n) is 22.6. The number of carbonyl (C=O) groups excluding carboxylic acids is 1. The van der Waals surface area contributed by atoms with Crippen LogP contribution in [-0.4, -0.2) is 102 Å². The molecule has 5 rings (SSSR count). The molecular formula is C26H32N2O11S. The average Bonchev–Trinajstić information content (AvgIpc) is 3.55. The molecule has 0 fully saturated rings. The first-order chi connectivity index (χ1) is 19.2. The van der Waals surface area contributed by atoms with Crippen LogP contribution in [0.4, 0.5) is 0 Å². The van der Waals surface area contributed by atoms with Gasteiger partial charge in [0.2, 0.25) is 22.6 Å². The minimum Gasteiger partial charge on any atom is -0.493 e. The highest BCUT2D eigenvalue weighted by atomic mass is 32.2. The number of fused-ring (bicyclic) bond motifs is 3. The van der Waals surface area contributed by atoms with Gasteiger partial charge in [-0.3, -0.25) is 4.90 Å². The summed E-state index contributed by atoms with van der Waals surface area (Å²) in [4.78, 5) is 15.0. The van der Waals surface area contributed by atoms with Crippen molar-refractivity contribution in [3.63, 3.8) is 0 Å². The maximum atomic E-state index is 14.1. The van der Waals surface area contributed by atoms with Gasteiger partial charge in [-0.25, -0.2) is 13.2 Å². The van der Waals surface area contributed by atoms with Crippen LogP contribution in [0.2, 0.25) is 0 Å². The lowest BCUT2D eigenvalue weighted by atomic mass is 9.85. The summed E-state index contributed by atoms with van der Waals surface area (Å²) in [7, 11) is 1.92.